The van der Waals surface area contributed by atoms with E-state index in [1.54, 1.807) is 4.90 Å². The molecule has 2 fully saturated rings. The van der Waals surface area contributed by atoms with Crippen LogP contribution in [-0.2, 0) is 4.79 Å². The van der Waals surface area contributed by atoms with E-state index in [4.69, 9.17) is 11.6 Å². The molecule has 0 radical (unpaired) electrons. The van der Waals surface area contributed by atoms with Gasteiger partial charge in [-0.3, -0.25) is 9.69 Å². The van der Waals surface area contributed by atoms with E-state index in [-0.39, 0.29) is 18.6 Å². The lowest BCUT2D eigenvalue weighted by molar-refractivity contribution is -0.121. The Labute approximate surface area is 123 Å². The second-order valence-corrected chi connectivity index (χ2v) is 5.99. The highest BCUT2D eigenvalue weighted by molar-refractivity contribution is 6.33. The predicted molar refractivity (Wildman–Crippen MR) is 79.0 cm³/mol. The minimum atomic E-state index is -0.0529. The fourth-order valence-corrected chi connectivity index (χ4v) is 3.45. The highest BCUT2D eigenvalue weighted by Crippen LogP contribution is 2.32. The molecule has 1 N–H and O–H groups in total. The van der Waals surface area contributed by atoms with Gasteiger partial charge in [-0.15, -0.1) is 0 Å². The van der Waals surface area contributed by atoms with Crippen LogP contribution in [0.1, 0.15) is 12.8 Å². The lowest BCUT2D eigenvalue weighted by atomic mass is 10.1. The van der Waals surface area contributed by atoms with E-state index in [0.29, 0.717) is 17.5 Å². The molecule has 20 heavy (non-hydrogen) atoms. The van der Waals surface area contributed by atoms with Gasteiger partial charge in [-0.2, -0.15) is 0 Å². The van der Waals surface area contributed by atoms with Gasteiger partial charge in [0.05, 0.1) is 16.8 Å². The second kappa shape index (κ2) is 5.72. The van der Waals surface area contributed by atoms with Crippen LogP contribution < -0.4 is 4.90 Å². The Bertz CT molecular complexity index is 508. The molecule has 2 aliphatic heterocycles. The molecule has 4 nitrogen and oxygen atoms in total. The zero-order valence-electron chi connectivity index (χ0n) is 11.3. The number of aliphatic hydroxyl groups excluding tert-OH is 1. The van der Waals surface area contributed by atoms with Crippen LogP contribution in [0.4, 0.5) is 5.69 Å². The molecule has 1 amide bonds. The van der Waals surface area contributed by atoms with Crippen LogP contribution in [0.5, 0.6) is 0 Å². The molecule has 108 valence electrons. The number of benzene rings is 1. The number of likely N-dealkylation sites (tertiary alicyclic amines) is 1. The van der Waals surface area contributed by atoms with E-state index in [1.807, 2.05) is 24.3 Å². The lowest BCUT2D eigenvalue weighted by Crippen LogP contribution is -2.40. The first-order valence-corrected chi connectivity index (χ1v) is 7.49. The molecule has 2 unspecified atom stereocenters. The molecule has 0 aliphatic carbocycles. The summed E-state index contributed by atoms with van der Waals surface area (Å²) in [6.07, 6.45) is 1.81. The van der Waals surface area contributed by atoms with Gasteiger partial charge in [0.2, 0.25) is 5.91 Å². The molecule has 2 atom stereocenters. The van der Waals surface area contributed by atoms with Crippen molar-refractivity contribution in [3.8, 4) is 0 Å². The van der Waals surface area contributed by atoms with Crippen LogP contribution in [-0.4, -0.2) is 48.2 Å². The lowest BCUT2D eigenvalue weighted by Gasteiger charge is -2.23. The SMILES string of the molecule is O=C1C(N2CCC(CO)C2)CCN1c1ccccc1Cl. The average molecular weight is 295 g/mol. The molecule has 5 heteroatoms. The molecule has 2 aliphatic rings. The molecule has 1 aromatic carbocycles. The Kier molecular flexibility index (Phi) is 3.96. The van der Waals surface area contributed by atoms with Crippen molar-refractivity contribution >= 4 is 23.2 Å². The van der Waals surface area contributed by atoms with Gasteiger partial charge in [-0.1, -0.05) is 23.7 Å². The largest absolute Gasteiger partial charge is 0.396 e. The van der Waals surface area contributed by atoms with Crippen LogP contribution in [0.3, 0.4) is 0 Å². The van der Waals surface area contributed by atoms with Crippen LogP contribution in [0.25, 0.3) is 0 Å². The maximum atomic E-state index is 12.6. The van der Waals surface area contributed by atoms with E-state index in [1.165, 1.54) is 0 Å². The van der Waals surface area contributed by atoms with E-state index < -0.39 is 0 Å². The minimum absolute atomic E-state index is 0.0529. The zero-order valence-corrected chi connectivity index (χ0v) is 12.1. The van der Waals surface area contributed by atoms with Gasteiger partial charge in [0.1, 0.15) is 0 Å². The summed E-state index contributed by atoms with van der Waals surface area (Å²) in [6.45, 7) is 2.65. The first-order valence-electron chi connectivity index (χ1n) is 7.11. The van der Waals surface area contributed by atoms with Gasteiger partial charge in [-0.05, 0) is 37.4 Å². The number of amides is 1. The van der Waals surface area contributed by atoms with Gasteiger partial charge >= 0.3 is 0 Å². The third kappa shape index (κ3) is 2.43. The molecule has 1 aromatic rings. The zero-order chi connectivity index (χ0) is 14.1. The summed E-state index contributed by atoms with van der Waals surface area (Å²) in [4.78, 5) is 16.6. The van der Waals surface area contributed by atoms with Crippen molar-refractivity contribution in [1.82, 2.24) is 4.90 Å². The Morgan fingerprint density at radius 2 is 2.05 bits per heavy atom. The first-order chi connectivity index (χ1) is 9.70. The van der Waals surface area contributed by atoms with Gasteiger partial charge in [0.25, 0.3) is 0 Å². The van der Waals surface area contributed by atoms with Gasteiger partial charge in [0.15, 0.2) is 0 Å². The van der Waals surface area contributed by atoms with Gasteiger partial charge < -0.3 is 10.0 Å². The number of carbonyl (C=O) groups is 1. The molecular weight excluding hydrogens is 276 g/mol. The number of carbonyl (C=O) groups excluding carboxylic acids is 1. The molecule has 0 aromatic heterocycles. The minimum Gasteiger partial charge on any atom is -0.396 e. The highest BCUT2D eigenvalue weighted by atomic mass is 35.5. The molecule has 0 spiro atoms. The van der Waals surface area contributed by atoms with Crippen molar-refractivity contribution in [2.45, 2.75) is 18.9 Å². The molecule has 2 heterocycles. The van der Waals surface area contributed by atoms with Crippen LogP contribution in [0.15, 0.2) is 24.3 Å². The van der Waals surface area contributed by atoms with Crippen molar-refractivity contribution < 1.29 is 9.90 Å². The number of hydrogen-bond donors (Lipinski definition) is 1. The fourth-order valence-electron chi connectivity index (χ4n) is 3.21. The summed E-state index contributed by atoms with van der Waals surface area (Å²) in [5, 5.41) is 9.84. The van der Waals surface area contributed by atoms with Gasteiger partial charge in [-0.25, -0.2) is 0 Å². The third-order valence-electron chi connectivity index (χ3n) is 4.34. The number of nitrogens with zero attached hydrogens (tertiary/aromatic N) is 2. The number of rotatable bonds is 3. The second-order valence-electron chi connectivity index (χ2n) is 5.58. The Hall–Kier alpha value is -1.10. The maximum Gasteiger partial charge on any atom is 0.244 e. The summed E-state index contributed by atoms with van der Waals surface area (Å²) in [5.74, 6) is 0.453. The van der Waals surface area contributed by atoms with Crippen molar-refractivity contribution in [1.29, 1.82) is 0 Å². The summed E-state index contributed by atoms with van der Waals surface area (Å²) in [6, 6.07) is 7.43. The van der Waals surface area contributed by atoms with E-state index in [9.17, 15) is 9.90 Å². The molecular formula is C15H19ClN2O2. The summed E-state index contributed by atoms with van der Waals surface area (Å²) in [5.41, 5.74) is 0.805. The summed E-state index contributed by atoms with van der Waals surface area (Å²) < 4.78 is 0. The number of anilines is 1. The average Bonchev–Trinajstić information content (AvgIpc) is 3.06. The van der Waals surface area contributed by atoms with Crippen LogP contribution in [0, 0.1) is 5.92 Å². The third-order valence-corrected chi connectivity index (χ3v) is 4.66. The predicted octanol–water partition coefficient (Wildman–Crippen LogP) is 1.76. The summed E-state index contributed by atoms with van der Waals surface area (Å²) >= 11 is 6.18. The molecule has 0 bridgehead atoms. The number of halogens is 1. The smallest absolute Gasteiger partial charge is 0.244 e. The number of aliphatic hydroxyl groups is 1. The Morgan fingerprint density at radius 1 is 1.25 bits per heavy atom. The Morgan fingerprint density at radius 3 is 2.75 bits per heavy atom. The van der Waals surface area contributed by atoms with E-state index in [2.05, 4.69) is 4.90 Å². The van der Waals surface area contributed by atoms with Gasteiger partial charge in [0, 0.05) is 19.7 Å². The van der Waals surface area contributed by atoms with Crippen molar-refractivity contribution in [3.63, 3.8) is 0 Å². The van der Waals surface area contributed by atoms with E-state index >= 15 is 0 Å². The fraction of sp³-hybridized carbons (Fsp3) is 0.533. The first kappa shape index (κ1) is 13.9. The van der Waals surface area contributed by atoms with Crippen molar-refractivity contribution in [2.24, 2.45) is 5.92 Å². The monoisotopic (exact) mass is 294 g/mol. The van der Waals surface area contributed by atoms with E-state index in [0.717, 1.165) is 31.6 Å². The maximum absolute atomic E-state index is 12.6. The summed E-state index contributed by atoms with van der Waals surface area (Å²) in [7, 11) is 0. The quantitative estimate of drug-likeness (QED) is 0.924. The normalized spacial score (nSPS) is 27.5. The molecule has 0 saturated carbocycles. The Balaban J connectivity index is 1.73. The standard InChI is InChI=1S/C15H19ClN2O2/c16-12-3-1-2-4-13(12)18-8-6-14(15(18)20)17-7-5-11(9-17)10-19/h1-4,11,14,19H,5-10H2. The van der Waals surface area contributed by atoms with Crippen molar-refractivity contribution in [2.75, 3.05) is 31.1 Å². The number of para-hydroxylation sites is 1. The molecule has 2 saturated heterocycles. The molecule has 3 rings (SSSR count). The highest BCUT2D eigenvalue weighted by Gasteiger charge is 2.39. The number of hydrogen-bond acceptors (Lipinski definition) is 3. The van der Waals surface area contributed by atoms with Crippen LogP contribution >= 0.6 is 11.6 Å². The van der Waals surface area contributed by atoms with Crippen LogP contribution in [0.2, 0.25) is 5.02 Å². The van der Waals surface area contributed by atoms with Crippen molar-refractivity contribution in [3.05, 3.63) is 29.3 Å². The topological polar surface area (TPSA) is 43.8 Å².